The summed E-state index contributed by atoms with van der Waals surface area (Å²) in [5.41, 5.74) is 2.90. The fraction of sp³-hybridized carbons (Fsp3) is 0.152. The molecular weight excluding hydrogens is 653 g/mol. The number of carbonyl (C=O) groups is 2. The molecule has 0 fully saturated rings. The number of esters is 1. The van der Waals surface area contributed by atoms with Gasteiger partial charge in [0.1, 0.15) is 5.75 Å². The van der Waals surface area contributed by atoms with Crippen molar-refractivity contribution < 1.29 is 37.0 Å². The Morgan fingerprint density at radius 1 is 0.867 bits per heavy atom. The normalized spacial score (nSPS) is 12.4. The van der Waals surface area contributed by atoms with Crippen LogP contribution in [0.2, 0.25) is 0 Å². The van der Waals surface area contributed by atoms with E-state index in [1.165, 1.54) is 37.1 Å². The Labute approximate surface area is 271 Å². The Balaban J connectivity index is 0.000000159. The van der Waals surface area contributed by atoms with Crippen molar-refractivity contribution in [3.8, 4) is 16.2 Å². The van der Waals surface area contributed by atoms with E-state index in [1.807, 2.05) is 26.0 Å². The predicted molar refractivity (Wildman–Crippen MR) is 183 cm³/mol. The number of benzene rings is 4. The lowest BCUT2D eigenvalue weighted by Gasteiger charge is -2.09. The summed E-state index contributed by atoms with van der Waals surface area (Å²) in [7, 11) is -4.67. The summed E-state index contributed by atoms with van der Waals surface area (Å²) in [5.74, 6) is 0.452. The Bertz CT molecular complexity index is 2190. The van der Waals surface area contributed by atoms with Gasteiger partial charge in [0.05, 0.1) is 17.2 Å². The van der Waals surface area contributed by atoms with E-state index in [0.29, 0.717) is 5.75 Å². The molecule has 6 aromatic rings. The molecule has 0 saturated heterocycles. The minimum atomic E-state index is -4.67. The maximum absolute atomic E-state index is 12.0. The molecule has 0 radical (unpaired) electrons. The van der Waals surface area contributed by atoms with Gasteiger partial charge in [-0.15, -0.1) is 34.4 Å². The average molecular weight is 681 g/mol. The number of aromatic hydroxyl groups is 1. The molecule has 0 bridgehead atoms. The fourth-order valence-electron chi connectivity index (χ4n) is 5.13. The minimum absolute atomic E-state index is 0.0239. The summed E-state index contributed by atoms with van der Waals surface area (Å²) >= 11 is 4.62. The van der Waals surface area contributed by atoms with Gasteiger partial charge in [-0.1, -0.05) is 66.7 Å². The van der Waals surface area contributed by atoms with Gasteiger partial charge >= 0.3 is 16.4 Å². The number of ether oxygens (including phenoxy) is 1. The number of carbonyl (C=O) groups excluding carboxylic acids is 2. The lowest BCUT2D eigenvalue weighted by molar-refractivity contribution is 0.0529. The molecule has 1 aliphatic rings. The Morgan fingerprint density at radius 2 is 1.47 bits per heavy atom. The number of Topliss-reactive ketones (excluding diaryl/α,β-unsaturated/α-hetero) is 1. The number of hydrogen-bond acceptors (Lipinski definition) is 9. The molecule has 12 heteroatoms. The topological polar surface area (TPSA) is 138 Å². The molecule has 0 spiro atoms. The third kappa shape index (κ3) is 6.91. The zero-order valence-corrected chi connectivity index (χ0v) is 27.6. The van der Waals surface area contributed by atoms with Crippen LogP contribution >= 0.6 is 34.4 Å². The molecule has 232 valence electrons. The number of ketones is 1. The van der Waals surface area contributed by atoms with Gasteiger partial charge in [-0.2, -0.15) is 8.42 Å². The molecule has 0 amide bonds. The second kappa shape index (κ2) is 13.3. The summed E-state index contributed by atoms with van der Waals surface area (Å²) in [6.45, 7) is 5.93. The van der Waals surface area contributed by atoms with Gasteiger partial charge in [0.15, 0.2) is 10.7 Å². The monoisotopic (exact) mass is 680 g/mol. The molecule has 3 N–H and O–H groups in total. The molecular formula is C33H28O8S4. The van der Waals surface area contributed by atoms with Crippen LogP contribution in [0.3, 0.4) is 0 Å². The highest BCUT2D eigenvalue weighted by atomic mass is 32.3. The second-order valence-corrected chi connectivity index (χ2v) is 14.0. The van der Waals surface area contributed by atoms with Gasteiger partial charge in [0.2, 0.25) is 0 Å². The van der Waals surface area contributed by atoms with E-state index in [9.17, 15) is 14.7 Å². The third-order valence-electron chi connectivity index (χ3n) is 7.08. The van der Waals surface area contributed by atoms with E-state index in [2.05, 4.69) is 60.7 Å². The van der Waals surface area contributed by atoms with Crippen LogP contribution in [-0.4, -0.2) is 46.7 Å². The minimum Gasteiger partial charge on any atom is -0.506 e. The van der Waals surface area contributed by atoms with Crippen LogP contribution in [0.5, 0.6) is 5.75 Å². The second-order valence-electron chi connectivity index (χ2n) is 10.0. The largest absolute Gasteiger partial charge is 0.506 e. The Morgan fingerprint density at radius 3 is 2.13 bits per heavy atom. The highest BCUT2D eigenvalue weighted by Crippen LogP contribution is 2.46. The molecule has 1 aliphatic heterocycles. The molecule has 2 aromatic heterocycles. The summed E-state index contributed by atoms with van der Waals surface area (Å²) < 4.78 is 37.9. The van der Waals surface area contributed by atoms with Crippen LogP contribution in [0, 0.1) is 13.8 Å². The number of hydrogen-bond donors (Lipinski definition) is 3. The first-order valence-electron chi connectivity index (χ1n) is 13.7. The molecule has 45 heavy (non-hydrogen) atoms. The Hall–Kier alpha value is -3.78. The smallest absolute Gasteiger partial charge is 0.394 e. The van der Waals surface area contributed by atoms with Crippen molar-refractivity contribution in [1.29, 1.82) is 0 Å². The SMILES string of the molecule is CCOC(=O)c1sc(-c2c(C)ccc3ccccc23)c(C)c1O.O=C1CSc2c1sc1ccc3ccccc3c21.O=S(=O)(O)O. The van der Waals surface area contributed by atoms with Crippen molar-refractivity contribution in [3.63, 3.8) is 0 Å². The van der Waals surface area contributed by atoms with Crippen molar-refractivity contribution in [2.75, 3.05) is 12.4 Å². The lowest BCUT2D eigenvalue weighted by Crippen LogP contribution is -2.02. The van der Waals surface area contributed by atoms with Gasteiger partial charge in [-0.3, -0.25) is 13.9 Å². The molecule has 0 aliphatic carbocycles. The highest BCUT2D eigenvalue weighted by Gasteiger charge is 2.26. The van der Waals surface area contributed by atoms with Crippen molar-refractivity contribution in [1.82, 2.24) is 0 Å². The maximum atomic E-state index is 12.0. The van der Waals surface area contributed by atoms with E-state index in [-0.39, 0.29) is 23.0 Å². The molecule has 7 rings (SSSR count). The summed E-state index contributed by atoms with van der Waals surface area (Å²) in [5, 5.41) is 16.4. The molecule has 0 atom stereocenters. The van der Waals surface area contributed by atoms with E-state index < -0.39 is 16.4 Å². The van der Waals surface area contributed by atoms with Crippen molar-refractivity contribution in [2.24, 2.45) is 0 Å². The number of thiophene rings is 2. The molecule has 8 nitrogen and oxygen atoms in total. The maximum Gasteiger partial charge on any atom is 0.394 e. The third-order valence-corrected chi connectivity index (χ3v) is 10.8. The number of fused-ring (bicyclic) bond motifs is 6. The van der Waals surface area contributed by atoms with Gasteiger partial charge in [0, 0.05) is 31.0 Å². The van der Waals surface area contributed by atoms with E-state index >= 15 is 0 Å². The van der Waals surface area contributed by atoms with Crippen LogP contribution in [0.4, 0.5) is 0 Å². The van der Waals surface area contributed by atoms with Gasteiger partial charge in [0.25, 0.3) is 0 Å². The quantitative estimate of drug-likeness (QED) is 0.124. The van der Waals surface area contributed by atoms with Crippen LogP contribution in [0.1, 0.15) is 37.4 Å². The van der Waals surface area contributed by atoms with E-state index in [1.54, 1.807) is 30.0 Å². The van der Waals surface area contributed by atoms with Gasteiger partial charge in [-0.25, -0.2) is 4.79 Å². The summed E-state index contributed by atoms with van der Waals surface area (Å²) in [4.78, 5) is 27.1. The number of aryl methyl sites for hydroxylation is 1. The standard InChI is InChI=1S/C19H18O3S.C14H8OS2.H2O4S/c1-4-22-19(21)18-16(20)12(3)17(23-18)15-11(2)9-10-13-7-5-6-8-14(13)15;15-10-7-16-14-12-9-4-2-1-3-8(9)5-6-11(12)17-13(10)14;1-5(2,3)4/h5-10,20H,4H2,1-3H3;1-6H,7H2;(H2,1,2,3,4). The van der Waals surface area contributed by atoms with E-state index in [0.717, 1.165) is 37.2 Å². The van der Waals surface area contributed by atoms with Crippen LogP contribution in [-0.2, 0) is 15.1 Å². The number of rotatable bonds is 3. The molecule has 0 saturated carbocycles. The molecule has 0 unspecified atom stereocenters. The zero-order valence-electron chi connectivity index (χ0n) is 24.4. The first-order chi connectivity index (χ1) is 21.4. The van der Waals surface area contributed by atoms with Gasteiger partial charge in [-0.05, 0) is 53.9 Å². The van der Waals surface area contributed by atoms with Crippen molar-refractivity contribution >= 4 is 88.2 Å². The van der Waals surface area contributed by atoms with Crippen LogP contribution < -0.4 is 0 Å². The average Bonchev–Trinajstić information content (AvgIpc) is 3.65. The van der Waals surface area contributed by atoms with Crippen molar-refractivity contribution in [2.45, 2.75) is 25.7 Å². The van der Waals surface area contributed by atoms with Crippen LogP contribution in [0.25, 0.3) is 42.1 Å². The van der Waals surface area contributed by atoms with E-state index in [4.69, 9.17) is 22.3 Å². The predicted octanol–water partition coefficient (Wildman–Crippen LogP) is 8.76. The summed E-state index contributed by atoms with van der Waals surface area (Å²) in [6, 6.07) is 24.9. The first kappa shape index (κ1) is 32.6. The highest BCUT2D eigenvalue weighted by molar-refractivity contribution is 8.01. The molecule has 3 heterocycles. The fourth-order valence-corrected chi connectivity index (χ4v) is 8.88. The Kier molecular flexibility index (Phi) is 9.63. The zero-order chi connectivity index (χ0) is 32.5. The summed E-state index contributed by atoms with van der Waals surface area (Å²) in [6.07, 6.45) is 0. The van der Waals surface area contributed by atoms with Crippen molar-refractivity contribution in [3.05, 3.63) is 93.7 Å². The first-order valence-corrected chi connectivity index (χ1v) is 17.7. The molecule has 4 aromatic carbocycles. The van der Waals surface area contributed by atoms with Crippen LogP contribution in [0.15, 0.2) is 77.7 Å². The lowest BCUT2D eigenvalue weighted by atomic mass is 9.97. The van der Waals surface area contributed by atoms with Gasteiger partial charge < -0.3 is 9.84 Å². The number of thioether (sulfide) groups is 1.